The summed E-state index contributed by atoms with van der Waals surface area (Å²) in [5, 5.41) is 9.56. The summed E-state index contributed by atoms with van der Waals surface area (Å²) in [7, 11) is 0. The molecule has 0 heterocycles. The lowest BCUT2D eigenvalue weighted by atomic mass is 10.1. The molecule has 0 saturated heterocycles. The minimum Gasteiger partial charge on any atom is -0.388 e. The number of hydrogen-bond acceptors (Lipinski definition) is 1. The quantitative estimate of drug-likeness (QED) is 0.834. The molecule has 1 unspecified atom stereocenters. The standard InChI is InChI=1S/C9H9BrClFO/c10-8-5-6(12)1-2-7(8)9(13)3-4-11/h1-2,5,9,13H,3-4H2. The number of aliphatic hydroxyl groups is 1. The molecular weight excluding hydrogens is 258 g/mol. The summed E-state index contributed by atoms with van der Waals surface area (Å²) in [6, 6.07) is 4.20. The number of benzene rings is 1. The first-order valence-electron chi connectivity index (χ1n) is 3.84. The summed E-state index contributed by atoms with van der Waals surface area (Å²) < 4.78 is 13.2. The van der Waals surface area contributed by atoms with E-state index in [2.05, 4.69) is 15.9 Å². The lowest BCUT2D eigenvalue weighted by Crippen LogP contribution is -1.99. The zero-order chi connectivity index (χ0) is 9.84. The van der Waals surface area contributed by atoms with Crippen molar-refractivity contribution in [3.05, 3.63) is 34.1 Å². The van der Waals surface area contributed by atoms with E-state index < -0.39 is 6.10 Å². The molecule has 1 rings (SSSR count). The third-order valence-electron chi connectivity index (χ3n) is 1.70. The fourth-order valence-corrected chi connectivity index (χ4v) is 1.85. The van der Waals surface area contributed by atoms with E-state index in [1.807, 2.05) is 0 Å². The van der Waals surface area contributed by atoms with Crippen molar-refractivity contribution in [1.29, 1.82) is 0 Å². The van der Waals surface area contributed by atoms with Crippen molar-refractivity contribution in [2.45, 2.75) is 12.5 Å². The average Bonchev–Trinajstić information content (AvgIpc) is 2.04. The van der Waals surface area contributed by atoms with Crippen LogP contribution in [0.1, 0.15) is 18.1 Å². The Balaban J connectivity index is 2.88. The molecule has 13 heavy (non-hydrogen) atoms. The molecule has 1 atom stereocenters. The molecule has 0 aliphatic heterocycles. The maximum atomic E-state index is 12.7. The zero-order valence-electron chi connectivity index (χ0n) is 6.80. The lowest BCUT2D eigenvalue weighted by Gasteiger charge is -2.10. The van der Waals surface area contributed by atoms with Gasteiger partial charge in [0.25, 0.3) is 0 Å². The summed E-state index contributed by atoms with van der Waals surface area (Å²) >= 11 is 8.66. The van der Waals surface area contributed by atoms with E-state index in [9.17, 15) is 9.50 Å². The topological polar surface area (TPSA) is 20.2 Å². The highest BCUT2D eigenvalue weighted by atomic mass is 79.9. The molecule has 72 valence electrons. The molecule has 0 aromatic heterocycles. The van der Waals surface area contributed by atoms with Crippen molar-refractivity contribution < 1.29 is 9.50 Å². The normalized spacial score (nSPS) is 12.9. The molecule has 0 radical (unpaired) electrons. The highest BCUT2D eigenvalue weighted by molar-refractivity contribution is 9.10. The summed E-state index contributed by atoms with van der Waals surface area (Å²) in [6.45, 7) is 0. The van der Waals surface area contributed by atoms with Crippen LogP contribution in [0.4, 0.5) is 4.39 Å². The van der Waals surface area contributed by atoms with E-state index in [0.29, 0.717) is 22.3 Å². The van der Waals surface area contributed by atoms with Gasteiger partial charge in [0.2, 0.25) is 0 Å². The highest BCUT2D eigenvalue weighted by Crippen LogP contribution is 2.26. The molecule has 4 heteroatoms. The number of halogens is 3. The van der Waals surface area contributed by atoms with Crippen LogP contribution in [0.15, 0.2) is 22.7 Å². The van der Waals surface area contributed by atoms with Crippen LogP contribution in [0.3, 0.4) is 0 Å². The van der Waals surface area contributed by atoms with Gasteiger partial charge in [-0.25, -0.2) is 4.39 Å². The van der Waals surface area contributed by atoms with Crippen LogP contribution < -0.4 is 0 Å². The Morgan fingerprint density at radius 1 is 1.54 bits per heavy atom. The maximum absolute atomic E-state index is 12.7. The molecule has 1 aromatic carbocycles. The molecule has 1 aromatic rings. The Bertz CT molecular complexity index is 293. The fourth-order valence-electron chi connectivity index (χ4n) is 1.03. The molecule has 0 fully saturated rings. The number of hydrogen-bond donors (Lipinski definition) is 1. The van der Waals surface area contributed by atoms with E-state index in [-0.39, 0.29) is 5.82 Å². The molecule has 1 nitrogen and oxygen atoms in total. The minimum absolute atomic E-state index is 0.325. The molecule has 0 saturated carbocycles. The van der Waals surface area contributed by atoms with Crippen LogP contribution in [0.5, 0.6) is 0 Å². The molecule has 0 spiro atoms. The van der Waals surface area contributed by atoms with Crippen molar-refractivity contribution in [3.8, 4) is 0 Å². The first-order valence-corrected chi connectivity index (χ1v) is 5.17. The van der Waals surface area contributed by atoms with E-state index in [4.69, 9.17) is 11.6 Å². The van der Waals surface area contributed by atoms with E-state index in [0.717, 1.165) is 0 Å². The van der Waals surface area contributed by atoms with Gasteiger partial charge in [0.1, 0.15) is 5.82 Å². The summed E-state index contributed by atoms with van der Waals surface area (Å²) in [5.41, 5.74) is 0.669. The Labute approximate surface area is 89.7 Å². The van der Waals surface area contributed by atoms with Gasteiger partial charge in [0, 0.05) is 10.4 Å². The first-order chi connectivity index (χ1) is 6.15. The van der Waals surface area contributed by atoms with Gasteiger partial charge in [-0.15, -0.1) is 11.6 Å². The minimum atomic E-state index is -0.632. The third kappa shape index (κ3) is 2.93. The van der Waals surface area contributed by atoms with Gasteiger partial charge in [-0.3, -0.25) is 0 Å². The van der Waals surface area contributed by atoms with Crippen molar-refractivity contribution >= 4 is 27.5 Å². The molecular formula is C9H9BrClFO. The average molecular weight is 268 g/mol. The predicted molar refractivity (Wildman–Crippen MR) is 54.4 cm³/mol. The van der Waals surface area contributed by atoms with Crippen LogP contribution in [0, 0.1) is 5.82 Å². The maximum Gasteiger partial charge on any atom is 0.124 e. The van der Waals surface area contributed by atoms with Crippen molar-refractivity contribution in [3.63, 3.8) is 0 Å². The zero-order valence-corrected chi connectivity index (χ0v) is 9.15. The number of aliphatic hydroxyl groups excluding tert-OH is 1. The number of rotatable bonds is 3. The third-order valence-corrected chi connectivity index (χ3v) is 2.61. The van der Waals surface area contributed by atoms with Crippen LogP contribution in [0.25, 0.3) is 0 Å². The second-order valence-corrected chi connectivity index (χ2v) is 3.89. The fraction of sp³-hybridized carbons (Fsp3) is 0.333. The van der Waals surface area contributed by atoms with Crippen molar-refractivity contribution in [2.24, 2.45) is 0 Å². The van der Waals surface area contributed by atoms with Crippen molar-refractivity contribution in [2.75, 3.05) is 5.88 Å². The summed E-state index contributed by atoms with van der Waals surface area (Å²) in [5.74, 6) is 0.0547. The van der Waals surface area contributed by atoms with Gasteiger partial charge in [-0.05, 0) is 24.1 Å². The van der Waals surface area contributed by atoms with Gasteiger partial charge in [0.05, 0.1) is 6.10 Å². The number of alkyl halides is 1. The SMILES string of the molecule is OC(CCCl)c1ccc(F)cc1Br. The lowest BCUT2D eigenvalue weighted by molar-refractivity contribution is 0.174. The molecule has 0 aliphatic carbocycles. The van der Waals surface area contributed by atoms with Gasteiger partial charge in [-0.1, -0.05) is 22.0 Å². The van der Waals surface area contributed by atoms with Gasteiger partial charge < -0.3 is 5.11 Å². The van der Waals surface area contributed by atoms with E-state index in [1.165, 1.54) is 12.1 Å². The molecule has 1 N–H and O–H groups in total. The smallest absolute Gasteiger partial charge is 0.124 e. The molecule has 0 amide bonds. The Kier molecular flexibility index (Phi) is 4.16. The monoisotopic (exact) mass is 266 g/mol. The van der Waals surface area contributed by atoms with Gasteiger partial charge in [0.15, 0.2) is 0 Å². The Hall–Kier alpha value is -0.120. The van der Waals surface area contributed by atoms with Crippen LogP contribution >= 0.6 is 27.5 Å². The summed E-state index contributed by atoms with van der Waals surface area (Å²) in [4.78, 5) is 0. The van der Waals surface area contributed by atoms with Gasteiger partial charge >= 0.3 is 0 Å². The largest absolute Gasteiger partial charge is 0.388 e. The van der Waals surface area contributed by atoms with Crippen LogP contribution in [-0.2, 0) is 0 Å². The van der Waals surface area contributed by atoms with Crippen molar-refractivity contribution in [1.82, 2.24) is 0 Å². The Morgan fingerprint density at radius 2 is 2.23 bits per heavy atom. The molecule has 0 bridgehead atoms. The summed E-state index contributed by atoms with van der Waals surface area (Å²) in [6.07, 6.45) is -0.168. The predicted octanol–water partition coefficient (Wildman–Crippen LogP) is 3.25. The second kappa shape index (κ2) is 4.94. The first kappa shape index (κ1) is 11.0. The molecule has 0 aliphatic rings. The second-order valence-electron chi connectivity index (χ2n) is 2.66. The highest BCUT2D eigenvalue weighted by Gasteiger charge is 2.10. The van der Waals surface area contributed by atoms with Crippen LogP contribution in [-0.4, -0.2) is 11.0 Å². The van der Waals surface area contributed by atoms with Gasteiger partial charge in [-0.2, -0.15) is 0 Å². The van der Waals surface area contributed by atoms with Crippen LogP contribution in [0.2, 0.25) is 0 Å². The van der Waals surface area contributed by atoms with E-state index >= 15 is 0 Å². The van der Waals surface area contributed by atoms with E-state index in [1.54, 1.807) is 6.07 Å². The Morgan fingerprint density at radius 3 is 2.77 bits per heavy atom.